The third-order valence-corrected chi connectivity index (χ3v) is 4.42. The quantitative estimate of drug-likeness (QED) is 0.821. The molecule has 1 aromatic carbocycles. The molecule has 0 radical (unpaired) electrons. The minimum absolute atomic E-state index is 0.176. The van der Waals surface area contributed by atoms with Crippen LogP contribution < -0.4 is 0 Å². The summed E-state index contributed by atoms with van der Waals surface area (Å²) in [6, 6.07) is 13.4. The van der Waals surface area contributed by atoms with Crippen LogP contribution in [0.5, 0.6) is 0 Å². The average molecular weight is 338 g/mol. The van der Waals surface area contributed by atoms with Crippen LogP contribution >= 0.6 is 23.2 Å². The molecule has 1 fully saturated rings. The van der Waals surface area contributed by atoms with Gasteiger partial charge < -0.3 is 9.84 Å². The van der Waals surface area contributed by atoms with Crippen LogP contribution in [0.15, 0.2) is 42.5 Å². The summed E-state index contributed by atoms with van der Waals surface area (Å²) in [5, 5.41) is 11.0. The summed E-state index contributed by atoms with van der Waals surface area (Å²) < 4.78 is 5.85. The Hall–Kier alpha value is -1.13. The van der Waals surface area contributed by atoms with Crippen LogP contribution in [0.25, 0.3) is 0 Å². The second-order valence-electron chi connectivity index (χ2n) is 5.64. The highest BCUT2D eigenvalue weighted by Crippen LogP contribution is 2.40. The van der Waals surface area contributed by atoms with E-state index >= 15 is 0 Å². The fraction of sp³-hybridized carbons (Fsp3) is 0.353. The van der Waals surface area contributed by atoms with Crippen LogP contribution in [0.3, 0.4) is 0 Å². The van der Waals surface area contributed by atoms with E-state index in [9.17, 15) is 5.11 Å². The van der Waals surface area contributed by atoms with Crippen molar-refractivity contribution >= 4 is 23.2 Å². The highest BCUT2D eigenvalue weighted by Gasteiger charge is 2.35. The summed E-state index contributed by atoms with van der Waals surface area (Å²) in [5.74, 6) is 0.176. The normalized spacial score (nSPS) is 22.1. The van der Waals surface area contributed by atoms with E-state index in [1.165, 1.54) is 5.56 Å². The maximum atomic E-state index is 10.4. The number of aliphatic hydroxyl groups is 1. The van der Waals surface area contributed by atoms with Crippen molar-refractivity contribution in [1.82, 2.24) is 4.98 Å². The predicted octanol–water partition coefficient (Wildman–Crippen LogP) is 4.42. The predicted molar refractivity (Wildman–Crippen MR) is 87.0 cm³/mol. The van der Waals surface area contributed by atoms with Crippen molar-refractivity contribution in [1.29, 1.82) is 0 Å². The lowest BCUT2D eigenvalue weighted by molar-refractivity contribution is -0.0778. The second-order valence-corrected chi connectivity index (χ2v) is 6.42. The lowest BCUT2D eigenvalue weighted by Crippen LogP contribution is -2.35. The smallest absolute Gasteiger partial charge is 0.131 e. The van der Waals surface area contributed by atoms with Crippen LogP contribution in [0.4, 0.5) is 0 Å². The summed E-state index contributed by atoms with van der Waals surface area (Å²) in [4.78, 5) is 3.89. The van der Waals surface area contributed by atoms with Crippen LogP contribution in [0.1, 0.15) is 30.1 Å². The van der Waals surface area contributed by atoms with Crippen LogP contribution in [0.2, 0.25) is 10.3 Å². The number of rotatable bonds is 5. The topological polar surface area (TPSA) is 42.4 Å². The number of nitrogens with zero attached hydrogens (tertiary/aromatic N) is 1. The Labute approximate surface area is 139 Å². The molecular weight excluding hydrogens is 321 g/mol. The maximum absolute atomic E-state index is 10.4. The van der Waals surface area contributed by atoms with Gasteiger partial charge in [0.15, 0.2) is 0 Å². The molecule has 1 aromatic heterocycles. The largest absolute Gasteiger partial charge is 0.388 e. The lowest BCUT2D eigenvalue weighted by Gasteiger charge is -2.38. The summed E-state index contributed by atoms with van der Waals surface area (Å²) in [6.45, 7) is 0.612. The van der Waals surface area contributed by atoms with E-state index in [4.69, 9.17) is 27.9 Å². The lowest BCUT2D eigenvalue weighted by atomic mass is 9.76. The van der Waals surface area contributed by atoms with Crippen molar-refractivity contribution in [3.05, 3.63) is 63.9 Å². The molecule has 116 valence electrons. The second kappa shape index (κ2) is 6.97. The molecule has 1 heterocycles. The first-order valence-electron chi connectivity index (χ1n) is 7.28. The Morgan fingerprint density at radius 1 is 1.14 bits per heavy atom. The van der Waals surface area contributed by atoms with Gasteiger partial charge in [0.1, 0.15) is 10.3 Å². The number of aliphatic hydroxyl groups excluding tert-OH is 1. The first-order valence-corrected chi connectivity index (χ1v) is 8.04. The average Bonchev–Trinajstić information content (AvgIpc) is 2.45. The molecule has 0 spiro atoms. The molecule has 1 saturated carbocycles. The molecule has 0 amide bonds. The molecule has 3 nitrogen and oxygen atoms in total. The molecule has 3 rings (SSSR count). The van der Waals surface area contributed by atoms with Crippen LogP contribution in [-0.4, -0.2) is 16.2 Å². The summed E-state index contributed by atoms with van der Waals surface area (Å²) in [7, 11) is 0. The van der Waals surface area contributed by atoms with Crippen molar-refractivity contribution in [2.75, 3.05) is 0 Å². The van der Waals surface area contributed by atoms with E-state index in [1.807, 2.05) is 30.3 Å². The van der Waals surface area contributed by atoms with Crippen LogP contribution in [-0.2, 0) is 11.3 Å². The maximum Gasteiger partial charge on any atom is 0.131 e. The number of benzene rings is 1. The zero-order chi connectivity index (χ0) is 15.5. The van der Waals surface area contributed by atoms with Gasteiger partial charge in [-0.2, -0.15) is 0 Å². The van der Waals surface area contributed by atoms with Crippen LogP contribution in [0, 0.1) is 5.92 Å². The molecule has 2 aromatic rings. The zero-order valence-corrected chi connectivity index (χ0v) is 13.5. The SMILES string of the molecule is OC(c1cc(Cl)nc(Cl)c1)C1CC(OCc2ccccc2)C1. The van der Waals surface area contributed by atoms with Gasteiger partial charge in [-0.15, -0.1) is 0 Å². The molecule has 0 saturated heterocycles. The van der Waals surface area contributed by atoms with E-state index in [0.29, 0.717) is 16.9 Å². The minimum Gasteiger partial charge on any atom is -0.388 e. The number of halogens is 2. The third kappa shape index (κ3) is 3.79. The zero-order valence-electron chi connectivity index (χ0n) is 12.0. The van der Waals surface area contributed by atoms with Crippen molar-refractivity contribution in [2.24, 2.45) is 5.92 Å². The van der Waals surface area contributed by atoms with Gasteiger partial charge in [-0.05, 0) is 42.0 Å². The molecule has 1 aliphatic rings. The number of ether oxygens (including phenoxy) is 1. The molecule has 0 bridgehead atoms. The number of pyridine rings is 1. The van der Waals surface area contributed by atoms with Gasteiger partial charge in [0.2, 0.25) is 0 Å². The molecule has 22 heavy (non-hydrogen) atoms. The number of hydrogen-bond acceptors (Lipinski definition) is 3. The Kier molecular flexibility index (Phi) is 4.99. The van der Waals surface area contributed by atoms with Crippen molar-refractivity contribution in [3.63, 3.8) is 0 Å². The van der Waals surface area contributed by atoms with E-state index in [2.05, 4.69) is 4.98 Å². The van der Waals surface area contributed by atoms with E-state index < -0.39 is 6.10 Å². The molecule has 1 unspecified atom stereocenters. The van der Waals surface area contributed by atoms with Crippen molar-refractivity contribution < 1.29 is 9.84 Å². The Morgan fingerprint density at radius 2 is 1.77 bits per heavy atom. The summed E-state index contributed by atoms with van der Waals surface area (Å²) >= 11 is 11.7. The van der Waals surface area contributed by atoms with Gasteiger partial charge in [0.25, 0.3) is 0 Å². The minimum atomic E-state index is -0.574. The molecule has 1 N–H and O–H groups in total. The number of hydrogen-bond donors (Lipinski definition) is 1. The number of aromatic nitrogens is 1. The van der Waals surface area contributed by atoms with Gasteiger partial charge in [0, 0.05) is 0 Å². The molecule has 1 atom stereocenters. The third-order valence-electron chi connectivity index (χ3n) is 4.03. The highest BCUT2D eigenvalue weighted by atomic mass is 35.5. The molecular formula is C17H17Cl2NO2. The first kappa shape index (κ1) is 15.8. The van der Waals surface area contributed by atoms with E-state index in [-0.39, 0.29) is 12.0 Å². The highest BCUT2D eigenvalue weighted by molar-refractivity contribution is 6.32. The molecule has 0 aliphatic heterocycles. The monoisotopic (exact) mass is 337 g/mol. The first-order chi connectivity index (χ1) is 10.6. The Bertz CT molecular complexity index is 610. The van der Waals surface area contributed by atoms with E-state index in [0.717, 1.165) is 18.4 Å². The van der Waals surface area contributed by atoms with E-state index in [1.54, 1.807) is 12.1 Å². The fourth-order valence-electron chi connectivity index (χ4n) is 2.71. The van der Waals surface area contributed by atoms with Crippen molar-refractivity contribution in [2.45, 2.75) is 31.7 Å². The van der Waals surface area contributed by atoms with Gasteiger partial charge in [-0.3, -0.25) is 0 Å². The van der Waals surface area contributed by atoms with Crippen molar-refractivity contribution in [3.8, 4) is 0 Å². The fourth-order valence-corrected chi connectivity index (χ4v) is 3.19. The van der Waals surface area contributed by atoms with Gasteiger partial charge in [-0.1, -0.05) is 53.5 Å². The Balaban J connectivity index is 1.50. The van der Waals surface area contributed by atoms with Gasteiger partial charge in [-0.25, -0.2) is 4.98 Å². The standard InChI is InChI=1S/C17H17Cl2NO2/c18-15-8-13(9-16(19)20-15)17(21)12-6-14(7-12)22-10-11-4-2-1-3-5-11/h1-5,8-9,12,14,17,21H,6-7,10H2. The summed E-state index contributed by atoms with van der Waals surface area (Å²) in [6.07, 6.45) is 1.30. The Morgan fingerprint density at radius 3 is 2.41 bits per heavy atom. The molecule has 5 heteroatoms. The molecule has 1 aliphatic carbocycles. The van der Waals surface area contributed by atoms with Gasteiger partial charge in [0.05, 0.1) is 18.8 Å². The summed E-state index contributed by atoms with van der Waals surface area (Å²) in [5.41, 5.74) is 1.88. The van der Waals surface area contributed by atoms with Gasteiger partial charge >= 0.3 is 0 Å².